The summed E-state index contributed by atoms with van der Waals surface area (Å²) in [6, 6.07) is 199. The SMILES string of the molecule is c1ccc(-c2ccc(N(c3ccc(-c4ccccc4)cc3)c3ccc(-c4ccc(N(c5ccc(-c6ccc(-c7ccccc7)s6)cc5)c5ccc(-c6ccc(-c7cccc(-c8cccc(-c9ccc(N(c%10ccc(-c%11ccccc%11)cc%10)c%10ccc(-c%11ccc(N(c%12ccc(-c%13ccc(-c%14ccccc%14)s%13)cc%12)c%12cccc%13ccccc%12%13)cc%11)cc%10)cc9)c8)c7)s6)cc5)cc4)cc3)cc2)cc1. The van der Waals surface area contributed by atoms with Crippen molar-refractivity contribution in [2.75, 3.05) is 19.6 Å². The Morgan fingerprint density at radius 1 is 0.109 bits per heavy atom. The van der Waals surface area contributed by atoms with Crippen LogP contribution in [0.3, 0.4) is 0 Å². The van der Waals surface area contributed by atoms with Gasteiger partial charge in [0, 0.05) is 97.2 Å². The lowest BCUT2D eigenvalue weighted by Gasteiger charge is -2.27. The molecule has 23 aromatic rings. The summed E-state index contributed by atoms with van der Waals surface area (Å²) in [6.45, 7) is 0. The first-order valence-electron chi connectivity index (χ1n) is 46.4. The lowest BCUT2D eigenvalue weighted by atomic mass is 9.97. The fourth-order valence-corrected chi connectivity index (χ4v) is 21.7. The third-order valence-corrected chi connectivity index (χ3v) is 29.4. The maximum absolute atomic E-state index is 2.39. The van der Waals surface area contributed by atoms with Crippen molar-refractivity contribution in [3.05, 3.63) is 546 Å². The fraction of sp³-hybridized carbons (Fsp3) is 0. The van der Waals surface area contributed by atoms with E-state index in [0.29, 0.717) is 0 Å². The predicted molar refractivity (Wildman–Crippen MR) is 587 cm³/mol. The fourth-order valence-electron chi connectivity index (χ4n) is 18.7. The van der Waals surface area contributed by atoms with Crippen LogP contribution in [0.4, 0.5) is 68.2 Å². The molecule has 0 atom stereocenters. The topological polar surface area (TPSA) is 13.0 Å². The average Bonchev–Trinajstić information content (AvgIpc) is 1.18. The largest absolute Gasteiger partial charge is 0.311 e. The molecule has 0 unspecified atom stereocenters. The van der Waals surface area contributed by atoms with Gasteiger partial charge in [-0.25, -0.2) is 0 Å². The summed E-state index contributed by atoms with van der Waals surface area (Å²) in [6.07, 6.45) is 0. The van der Waals surface area contributed by atoms with Gasteiger partial charge in [-0.2, -0.15) is 0 Å². The quantitative estimate of drug-likeness (QED) is 0.0565. The van der Waals surface area contributed by atoms with Crippen LogP contribution in [0.25, 0.3) is 151 Å². The molecule has 3 aromatic heterocycles. The van der Waals surface area contributed by atoms with Gasteiger partial charge in [0.1, 0.15) is 0 Å². The highest BCUT2D eigenvalue weighted by atomic mass is 32.1. The van der Waals surface area contributed by atoms with Crippen molar-refractivity contribution in [2.45, 2.75) is 0 Å². The maximum Gasteiger partial charge on any atom is 0.0540 e. The van der Waals surface area contributed by atoms with Crippen LogP contribution in [0, 0.1) is 0 Å². The summed E-state index contributed by atoms with van der Waals surface area (Å²) in [5, 5.41) is 2.39. The molecule has 0 aliphatic heterocycles. The summed E-state index contributed by atoms with van der Waals surface area (Å²) in [7, 11) is 0. The summed E-state index contributed by atoms with van der Waals surface area (Å²) in [5.41, 5.74) is 36.4. The van der Waals surface area contributed by atoms with Gasteiger partial charge in [-0.15, -0.1) is 34.0 Å². The van der Waals surface area contributed by atoms with Gasteiger partial charge in [-0.3, -0.25) is 0 Å². The van der Waals surface area contributed by atoms with Crippen LogP contribution in [0.5, 0.6) is 0 Å². The monoisotopic (exact) mass is 1800 g/mol. The van der Waals surface area contributed by atoms with E-state index in [1.165, 1.54) is 112 Å². The Bertz CT molecular complexity index is 7990. The number of rotatable bonds is 25. The number of fused-ring (bicyclic) bond motifs is 1. The van der Waals surface area contributed by atoms with Crippen molar-refractivity contribution in [2.24, 2.45) is 0 Å². The Labute approximate surface area is 812 Å². The van der Waals surface area contributed by atoms with Crippen molar-refractivity contribution >= 4 is 113 Å². The van der Waals surface area contributed by atoms with Crippen molar-refractivity contribution in [1.82, 2.24) is 0 Å². The van der Waals surface area contributed by atoms with Crippen molar-refractivity contribution in [3.8, 4) is 141 Å². The van der Waals surface area contributed by atoms with Crippen LogP contribution in [0.2, 0.25) is 0 Å². The minimum atomic E-state index is 1.06. The van der Waals surface area contributed by atoms with Crippen LogP contribution in [0.15, 0.2) is 546 Å². The summed E-state index contributed by atoms with van der Waals surface area (Å²) in [4.78, 5) is 16.9. The second-order valence-electron chi connectivity index (χ2n) is 34.3. The molecule has 0 aliphatic rings. The van der Waals surface area contributed by atoms with E-state index in [1.54, 1.807) is 0 Å². The normalized spacial score (nSPS) is 11.2. The molecule has 0 N–H and O–H groups in total. The molecule has 4 nitrogen and oxygen atoms in total. The van der Waals surface area contributed by atoms with E-state index in [-0.39, 0.29) is 0 Å². The Hall–Kier alpha value is -17.0. The van der Waals surface area contributed by atoms with E-state index < -0.39 is 0 Å². The molecule has 0 radical (unpaired) electrons. The smallest absolute Gasteiger partial charge is 0.0540 e. The van der Waals surface area contributed by atoms with E-state index in [9.17, 15) is 0 Å². The Morgan fingerprint density at radius 3 is 0.555 bits per heavy atom. The van der Waals surface area contributed by atoms with Gasteiger partial charge in [0.05, 0.1) is 5.69 Å². The third kappa shape index (κ3) is 18.0. The minimum Gasteiger partial charge on any atom is -0.311 e. The number of thiophene rings is 3. The molecule has 0 bridgehead atoms. The number of hydrogen-bond donors (Lipinski definition) is 0. The molecule has 0 aliphatic carbocycles. The van der Waals surface area contributed by atoms with Crippen LogP contribution >= 0.6 is 34.0 Å². The summed E-state index contributed by atoms with van der Waals surface area (Å²) in [5.74, 6) is 0. The standard InChI is InChI=1S/C130H90N4S3/c1-6-21-91(22-7-1)94-39-61-112(62-40-94)131(113-63-41-95(42-64-113)92-23-8-2-9-24-92)115-67-45-97(46-68-115)98-47-71-117(72-48-98)133(119-77-55-105(56-78-119)127-85-83-125(135-127)103-28-12-4-13-29-103)120-79-57-106(58-80-120)129-87-88-130(137-129)111-36-19-35-110(90-111)109-34-18-33-108(89-109)101-53-73-118(74-54-101)132(114-65-43-96(44-66-114)93-25-10-3-11-26-93)116-69-49-99(50-70-116)100-51-75-121(76-52-100)134(124-38-20-32-102-27-16-17-37-123(102)124)122-81-59-107(60-82-122)128-86-84-126(136-128)104-30-14-5-15-31-104/h1-90H. The van der Waals surface area contributed by atoms with Crippen LogP contribution in [-0.4, -0.2) is 0 Å². The van der Waals surface area contributed by atoms with E-state index >= 15 is 0 Å². The maximum atomic E-state index is 2.39. The van der Waals surface area contributed by atoms with Crippen LogP contribution in [-0.2, 0) is 0 Å². The molecule has 20 aromatic carbocycles. The average molecular weight is 1800 g/mol. The Balaban J connectivity index is 0.497. The summed E-state index contributed by atoms with van der Waals surface area (Å²) >= 11 is 5.48. The molecular weight excluding hydrogens is 1710 g/mol. The highest BCUT2D eigenvalue weighted by Crippen LogP contribution is 2.48. The van der Waals surface area contributed by atoms with Crippen LogP contribution in [0.1, 0.15) is 0 Å². The van der Waals surface area contributed by atoms with Crippen molar-refractivity contribution in [3.63, 3.8) is 0 Å². The predicted octanol–water partition coefficient (Wildman–Crippen LogP) is 38.6. The van der Waals surface area contributed by atoms with Gasteiger partial charge in [-0.1, -0.05) is 358 Å². The van der Waals surface area contributed by atoms with Gasteiger partial charge >= 0.3 is 0 Å². The zero-order valence-electron chi connectivity index (χ0n) is 75.0. The molecule has 0 amide bonds. The molecule has 648 valence electrons. The molecule has 0 saturated carbocycles. The van der Waals surface area contributed by atoms with E-state index in [2.05, 4.69) is 566 Å². The number of benzene rings is 20. The first-order valence-corrected chi connectivity index (χ1v) is 48.9. The highest BCUT2D eigenvalue weighted by molar-refractivity contribution is 7.19. The van der Waals surface area contributed by atoms with Gasteiger partial charge in [0.25, 0.3) is 0 Å². The van der Waals surface area contributed by atoms with Gasteiger partial charge in [0.15, 0.2) is 0 Å². The zero-order chi connectivity index (χ0) is 91.2. The molecule has 0 fully saturated rings. The first-order chi connectivity index (χ1) is 67.8. The highest BCUT2D eigenvalue weighted by Gasteiger charge is 2.23. The van der Waals surface area contributed by atoms with Crippen molar-refractivity contribution < 1.29 is 0 Å². The first kappa shape index (κ1) is 84.2. The molecule has 23 rings (SSSR count). The molecule has 3 heterocycles. The zero-order valence-corrected chi connectivity index (χ0v) is 77.4. The van der Waals surface area contributed by atoms with Gasteiger partial charge < -0.3 is 19.6 Å². The lowest BCUT2D eigenvalue weighted by Crippen LogP contribution is -2.10. The van der Waals surface area contributed by atoms with Gasteiger partial charge in [-0.05, 0) is 305 Å². The number of hydrogen-bond acceptors (Lipinski definition) is 7. The lowest BCUT2D eigenvalue weighted by molar-refractivity contribution is 1.28. The molecule has 0 saturated heterocycles. The van der Waals surface area contributed by atoms with Gasteiger partial charge in [0.2, 0.25) is 0 Å². The van der Waals surface area contributed by atoms with E-state index in [0.717, 1.165) is 107 Å². The summed E-state index contributed by atoms with van der Waals surface area (Å²) < 4.78 is 0. The van der Waals surface area contributed by atoms with Crippen LogP contribution < -0.4 is 19.6 Å². The Morgan fingerprint density at radius 2 is 0.277 bits per heavy atom. The Kier molecular flexibility index (Phi) is 23.5. The van der Waals surface area contributed by atoms with Crippen molar-refractivity contribution in [1.29, 1.82) is 0 Å². The second kappa shape index (κ2) is 38.3. The third-order valence-electron chi connectivity index (χ3n) is 25.8. The molecular formula is C130H90N4S3. The molecule has 7 heteroatoms. The molecule has 137 heavy (non-hydrogen) atoms. The number of nitrogens with zero attached hydrogens (tertiary/aromatic N) is 4. The molecule has 0 spiro atoms. The van der Waals surface area contributed by atoms with E-state index in [4.69, 9.17) is 0 Å². The second-order valence-corrected chi connectivity index (χ2v) is 37.6. The van der Waals surface area contributed by atoms with E-state index in [1.807, 2.05) is 34.0 Å². The minimum absolute atomic E-state index is 1.06. The number of anilines is 12.